The molecule has 0 aromatic heterocycles. The van der Waals surface area contributed by atoms with Gasteiger partial charge in [-0.3, -0.25) is 4.79 Å². The van der Waals surface area contributed by atoms with E-state index in [0.29, 0.717) is 18.8 Å². The molecule has 1 amide bonds. The second-order valence-corrected chi connectivity index (χ2v) is 7.12. The first kappa shape index (κ1) is 18.4. The van der Waals surface area contributed by atoms with E-state index in [2.05, 4.69) is 10.0 Å². The number of sulfonamides is 1. The lowest BCUT2D eigenvalue weighted by Crippen LogP contribution is -2.29. The monoisotopic (exact) mass is 328 g/mol. The Balaban J connectivity index is 2.57. The van der Waals surface area contributed by atoms with Gasteiger partial charge >= 0.3 is 0 Å². The summed E-state index contributed by atoms with van der Waals surface area (Å²) in [6.07, 6.45) is 0.863. The lowest BCUT2D eigenvalue weighted by Gasteiger charge is -2.10. The van der Waals surface area contributed by atoms with Crippen molar-refractivity contribution in [2.24, 2.45) is 5.92 Å². The summed E-state index contributed by atoms with van der Waals surface area (Å²) in [5.41, 5.74) is 0. The van der Waals surface area contributed by atoms with Gasteiger partial charge in [0.15, 0.2) is 6.61 Å². The summed E-state index contributed by atoms with van der Waals surface area (Å²) in [6.45, 7) is 6.75. The molecule has 0 aliphatic heterocycles. The van der Waals surface area contributed by atoms with Crippen molar-refractivity contribution in [3.05, 3.63) is 24.3 Å². The van der Waals surface area contributed by atoms with Crippen LogP contribution >= 0.6 is 0 Å². The Morgan fingerprint density at radius 3 is 2.41 bits per heavy atom. The van der Waals surface area contributed by atoms with Gasteiger partial charge in [0, 0.05) is 13.1 Å². The van der Waals surface area contributed by atoms with Crippen molar-refractivity contribution in [2.45, 2.75) is 32.1 Å². The Bertz CT molecular complexity index is 568. The van der Waals surface area contributed by atoms with Crippen molar-refractivity contribution in [3.8, 4) is 5.75 Å². The van der Waals surface area contributed by atoms with Gasteiger partial charge in [-0.15, -0.1) is 0 Å². The van der Waals surface area contributed by atoms with Gasteiger partial charge in [0.05, 0.1) is 4.90 Å². The molecule has 0 atom stereocenters. The molecule has 0 aliphatic carbocycles. The van der Waals surface area contributed by atoms with Gasteiger partial charge in [-0.1, -0.05) is 20.8 Å². The molecule has 1 aromatic rings. The largest absolute Gasteiger partial charge is 0.484 e. The molecule has 0 fully saturated rings. The Morgan fingerprint density at radius 2 is 1.86 bits per heavy atom. The number of amides is 1. The zero-order chi connectivity index (χ0) is 16.6. The molecule has 2 N–H and O–H groups in total. The topological polar surface area (TPSA) is 84.5 Å². The van der Waals surface area contributed by atoms with Crippen LogP contribution in [0.25, 0.3) is 0 Å². The highest BCUT2D eigenvalue weighted by atomic mass is 32.2. The van der Waals surface area contributed by atoms with Crippen molar-refractivity contribution in [1.29, 1.82) is 0 Å². The fraction of sp³-hybridized carbons (Fsp3) is 0.533. The van der Waals surface area contributed by atoms with Crippen molar-refractivity contribution < 1.29 is 17.9 Å². The Morgan fingerprint density at radius 1 is 1.23 bits per heavy atom. The van der Waals surface area contributed by atoms with E-state index >= 15 is 0 Å². The molecular weight excluding hydrogens is 304 g/mol. The molecule has 0 saturated carbocycles. The van der Waals surface area contributed by atoms with Crippen molar-refractivity contribution in [3.63, 3.8) is 0 Å². The second-order valence-electron chi connectivity index (χ2n) is 5.36. The number of ether oxygens (including phenoxy) is 1. The van der Waals surface area contributed by atoms with Crippen LogP contribution in [0.5, 0.6) is 5.75 Å². The third-order valence-electron chi connectivity index (χ3n) is 2.76. The van der Waals surface area contributed by atoms with Crippen LogP contribution in [-0.2, 0) is 14.8 Å². The maximum atomic E-state index is 12.0. The summed E-state index contributed by atoms with van der Waals surface area (Å²) >= 11 is 0. The van der Waals surface area contributed by atoms with Crippen LogP contribution in [0.1, 0.15) is 27.2 Å². The molecule has 0 heterocycles. The first-order valence-corrected chi connectivity index (χ1v) is 8.82. The molecule has 6 nitrogen and oxygen atoms in total. The van der Waals surface area contributed by atoms with E-state index in [0.717, 1.165) is 6.42 Å². The summed E-state index contributed by atoms with van der Waals surface area (Å²) < 4.78 is 31.9. The molecule has 1 rings (SSSR count). The van der Waals surface area contributed by atoms with Gasteiger partial charge in [0.25, 0.3) is 5.91 Å². The molecule has 0 radical (unpaired) electrons. The van der Waals surface area contributed by atoms with Crippen molar-refractivity contribution in [2.75, 3.05) is 19.7 Å². The van der Waals surface area contributed by atoms with Crippen LogP contribution in [0.2, 0.25) is 0 Å². The highest BCUT2D eigenvalue weighted by Crippen LogP contribution is 2.16. The van der Waals surface area contributed by atoms with Gasteiger partial charge in [-0.25, -0.2) is 13.1 Å². The third-order valence-corrected chi connectivity index (χ3v) is 4.20. The smallest absolute Gasteiger partial charge is 0.257 e. The van der Waals surface area contributed by atoms with Crippen LogP contribution in [-0.4, -0.2) is 34.0 Å². The summed E-state index contributed by atoms with van der Waals surface area (Å²) in [7, 11) is -3.50. The van der Waals surface area contributed by atoms with E-state index in [-0.39, 0.29) is 23.3 Å². The molecule has 124 valence electrons. The third kappa shape index (κ3) is 6.44. The highest BCUT2D eigenvalue weighted by molar-refractivity contribution is 7.89. The SMILES string of the molecule is CCCNC(=O)COc1ccc(S(=O)(=O)NCC(C)C)cc1. The molecule has 0 saturated heterocycles. The predicted octanol–water partition coefficient (Wildman–Crippen LogP) is 1.53. The van der Waals surface area contributed by atoms with Crippen molar-refractivity contribution >= 4 is 15.9 Å². The predicted molar refractivity (Wildman–Crippen MR) is 85.3 cm³/mol. The molecule has 0 aliphatic rings. The molecule has 22 heavy (non-hydrogen) atoms. The molecule has 0 unspecified atom stereocenters. The van der Waals surface area contributed by atoms with Gasteiger partial charge < -0.3 is 10.1 Å². The van der Waals surface area contributed by atoms with E-state index in [1.54, 1.807) is 0 Å². The zero-order valence-electron chi connectivity index (χ0n) is 13.3. The van der Waals surface area contributed by atoms with Gasteiger partial charge in [0.1, 0.15) is 5.75 Å². The Kier molecular flexibility index (Phi) is 7.34. The minimum Gasteiger partial charge on any atom is -0.484 e. The molecule has 0 bridgehead atoms. The van der Waals surface area contributed by atoms with E-state index in [1.165, 1.54) is 24.3 Å². The summed E-state index contributed by atoms with van der Waals surface area (Å²) in [6, 6.07) is 6.00. The van der Waals surface area contributed by atoms with Crippen LogP contribution in [0.15, 0.2) is 29.2 Å². The Labute approximate surface area is 132 Å². The maximum absolute atomic E-state index is 12.0. The number of nitrogens with one attached hydrogen (secondary N) is 2. The Hall–Kier alpha value is -1.60. The fourth-order valence-electron chi connectivity index (χ4n) is 1.54. The van der Waals surface area contributed by atoms with Crippen LogP contribution in [0.4, 0.5) is 0 Å². The number of carbonyl (C=O) groups excluding carboxylic acids is 1. The summed E-state index contributed by atoms with van der Waals surface area (Å²) in [4.78, 5) is 11.6. The summed E-state index contributed by atoms with van der Waals surface area (Å²) in [5, 5.41) is 2.70. The average molecular weight is 328 g/mol. The highest BCUT2D eigenvalue weighted by Gasteiger charge is 2.14. The maximum Gasteiger partial charge on any atom is 0.257 e. The minimum atomic E-state index is -3.50. The quantitative estimate of drug-likeness (QED) is 0.720. The lowest BCUT2D eigenvalue weighted by molar-refractivity contribution is -0.123. The summed E-state index contributed by atoms with van der Waals surface area (Å²) in [5.74, 6) is 0.491. The number of rotatable bonds is 9. The average Bonchev–Trinajstić information content (AvgIpc) is 2.49. The van der Waals surface area contributed by atoms with Gasteiger partial charge in [0.2, 0.25) is 10.0 Å². The fourth-order valence-corrected chi connectivity index (χ4v) is 2.75. The van der Waals surface area contributed by atoms with Crippen LogP contribution in [0.3, 0.4) is 0 Å². The minimum absolute atomic E-state index is 0.0856. The van der Waals surface area contributed by atoms with E-state index in [4.69, 9.17) is 4.74 Å². The van der Waals surface area contributed by atoms with Gasteiger partial charge in [-0.2, -0.15) is 0 Å². The lowest BCUT2D eigenvalue weighted by atomic mass is 10.2. The van der Waals surface area contributed by atoms with Gasteiger partial charge in [-0.05, 0) is 36.6 Å². The van der Waals surface area contributed by atoms with E-state index in [9.17, 15) is 13.2 Å². The molecule has 1 aromatic carbocycles. The second kappa shape index (κ2) is 8.75. The normalized spacial score (nSPS) is 11.5. The number of benzene rings is 1. The number of hydrogen-bond acceptors (Lipinski definition) is 4. The molecular formula is C15H24N2O4S. The first-order valence-electron chi connectivity index (χ1n) is 7.34. The number of hydrogen-bond donors (Lipinski definition) is 2. The standard InChI is InChI=1S/C15H24N2O4S/c1-4-9-16-15(18)11-21-13-5-7-14(8-6-13)22(19,20)17-10-12(2)3/h5-8,12,17H,4,9-11H2,1-3H3,(H,16,18). The molecule has 0 spiro atoms. The first-order chi connectivity index (χ1) is 10.3. The van der Waals surface area contributed by atoms with Crippen LogP contribution in [0, 0.1) is 5.92 Å². The van der Waals surface area contributed by atoms with Crippen molar-refractivity contribution in [1.82, 2.24) is 10.0 Å². The molecule has 7 heteroatoms. The van der Waals surface area contributed by atoms with E-state index < -0.39 is 10.0 Å². The number of carbonyl (C=O) groups is 1. The van der Waals surface area contributed by atoms with Crippen LogP contribution < -0.4 is 14.8 Å². The zero-order valence-corrected chi connectivity index (χ0v) is 14.1. The van der Waals surface area contributed by atoms with E-state index in [1.807, 2.05) is 20.8 Å².